The Bertz CT molecular complexity index is 1340. The van der Waals surface area contributed by atoms with Gasteiger partial charge in [0.1, 0.15) is 5.58 Å². The van der Waals surface area contributed by atoms with E-state index in [0.29, 0.717) is 44.9 Å². The summed E-state index contributed by atoms with van der Waals surface area (Å²) in [5.74, 6) is 1.09. The lowest BCUT2D eigenvalue weighted by Crippen LogP contribution is -2.21. The van der Waals surface area contributed by atoms with Crippen molar-refractivity contribution in [3.05, 3.63) is 58.3 Å². The van der Waals surface area contributed by atoms with Gasteiger partial charge in [-0.3, -0.25) is 4.79 Å². The van der Waals surface area contributed by atoms with Gasteiger partial charge in [-0.05, 0) is 12.1 Å². The maximum absolute atomic E-state index is 12.4. The van der Waals surface area contributed by atoms with Crippen molar-refractivity contribution < 1.29 is 23.4 Å². The highest BCUT2D eigenvalue weighted by Gasteiger charge is 2.15. The molecular weight excluding hydrogens is 446 g/mol. The number of para-hydroxylation sites is 1. The van der Waals surface area contributed by atoms with Crippen LogP contribution >= 0.6 is 11.3 Å². The Morgan fingerprint density at radius 1 is 1.06 bits per heavy atom. The number of carbonyl (C=O) groups excluding carboxylic acids is 1. The fourth-order valence-corrected chi connectivity index (χ4v) is 3.95. The maximum atomic E-state index is 12.4. The number of hydrogen-bond donors (Lipinski definition) is 2. The molecular formula is C23H21N3O6S. The summed E-state index contributed by atoms with van der Waals surface area (Å²) in [6, 6.07) is 12.4. The van der Waals surface area contributed by atoms with E-state index in [2.05, 4.69) is 15.6 Å². The van der Waals surface area contributed by atoms with Crippen LogP contribution in [0.4, 0.5) is 10.8 Å². The Kier molecular flexibility index (Phi) is 6.45. The van der Waals surface area contributed by atoms with Gasteiger partial charge < -0.3 is 29.3 Å². The van der Waals surface area contributed by atoms with Crippen molar-refractivity contribution in [2.24, 2.45) is 0 Å². The molecule has 2 aromatic heterocycles. The number of nitrogens with one attached hydrogen (secondary N) is 2. The zero-order valence-electron chi connectivity index (χ0n) is 18.1. The molecule has 0 saturated carbocycles. The molecule has 0 aliphatic heterocycles. The molecule has 1 amide bonds. The van der Waals surface area contributed by atoms with Crippen molar-refractivity contribution >= 4 is 39.0 Å². The van der Waals surface area contributed by atoms with Gasteiger partial charge in [0.15, 0.2) is 16.6 Å². The van der Waals surface area contributed by atoms with Gasteiger partial charge >= 0.3 is 5.63 Å². The van der Waals surface area contributed by atoms with Gasteiger partial charge in [0, 0.05) is 28.6 Å². The van der Waals surface area contributed by atoms with Gasteiger partial charge in [-0.25, -0.2) is 9.78 Å². The third kappa shape index (κ3) is 4.75. The van der Waals surface area contributed by atoms with Crippen molar-refractivity contribution in [2.45, 2.75) is 0 Å². The van der Waals surface area contributed by atoms with Crippen LogP contribution in [0.5, 0.6) is 17.2 Å². The Hall–Kier alpha value is -4.05. The van der Waals surface area contributed by atoms with Crippen molar-refractivity contribution in [3.63, 3.8) is 0 Å². The molecule has 0 aliphatic carbocycles. The molecule has 4 rings (SSSR count). The second-order valence-electron chi connectivity index (χ2n) is 6.84. The number of ether oxygens (including phenoxy) is 3. The number of amides is 1. The molecule has 0 spiro atoms. The summed E-state index contributed by atoms with van der Waals surface area (Å²) in [5.41, 5.74) is 1.41. The minimum atomic E-state index is -0.485. The fraction of sp³-hybridized carbons (Fsp3) is 0.174. The molecule has 10 heteroatoms. The normalized spacial score (nSPS) is 10.6. The molecule has 0 saturated heterocycles. The van der Waals surface area contributed by atoms with Gasteiger partial charge in [-0.2, -0.15) is 0 Å². The monoisotopic (exact) mass is 467 g/mol. The molecule has 9 nitrogen and oxygen atoms in total. The lowest BCUT2D eigenvalue weighted by Gasteiger charge is -2.14. The number of benzene rings is 2. The first kappa shape index (κ1) is 22.2. The molecule has 2 N–H and O–H groups in total. The number of hydrogen-bond acceptors (Lipinski definition) is 9. The topological polar surface area (TPSA) is 112 Å². The summed E-state index contributed by atoms with van der Waals surface area (Å²) in [7, 11) is 4.55. The minimum absolute atomic E-state index is 0.0222. The van der Waals surface area contributed by atoms with E-state index in [1.807, 2.05) is 12.1 Å². The zero-order chi connectivity index (χ0) is 23.4. The van der Waals surface area contributed by atoms with Gasteiger partial charge in [0.05, 0.1) is 39.1 Å². The fourth-order valence-electron chi connectivity index (χ4n) is 3.22. The van der Waals surface area contributed by atoms with E-state index in [-0.39, 0.29) is 12.5 Å². The molecule has 170 valence electrons. The van der Waals surface area contributed by atoms with Crippen LogP contribution in [-0.4, -0.2) is 38.8 Å². The van der Waals surface area contributed by atoms with E-state index in [1.54, 1.807) is 35.7 Å². The standard InChI is InChI=1S/C23H21N3O6S/c1-29-18-9-14(10-19(30-2)21(18)31-3)24-11-20(27)26-23-25-16(12-33-23)15-8-13-6-4-5-7-17(13)32-22(15)28/h4-10,12,24H,11H2,1-3H3,(H,25,26,27). The number of carbonyl (C=O) groups is 1. The van der Waals surface area contributed by atoms with Crippen LogP contribution in [0.15, 0.2) is 57.1 Å². The van der Waals surface area contributed by atoms with Crippen LogP contribution in [0.3, 0.4) is 0 Å². The molecule has 4 aromatic rings. The number of thiazole rings is 1. The van der Waals surface area contributed by atoms with E-state index in [9.17, 15) is 9.59 Å². The highest BCUT2D eigenvalue weighted by Crippen LogP contribution is 2.39. The Balaban J connectivity index is 1.45. The Labute approximate surface area is 192 Å². The van der Waals surface area contributed by atoms with Crippen molar-refractivity contribution in [1.82, 2.24) is 4.98 Å². The van der Waals surface area contributed by atoms with Crippen LogP contribution in [0.1, 0.15) is 0 Å². The van der Waals surface area contributed by atoms with Crippen molar-refractivity contribution in [2.75, 3.05) is 38.5 Å². The van der Waals surface area contributed by atoms with E-state index >= 15 is 0 Å². The largest absolute Gasteiger partial charge is 0.493 e. The smallest absolute Gasteiger partial charge is 0.345 e. The first-order valence-corrected chi connectivity index (χ1v) is 10.7. The highest BCUT2D eigenvalue weighted by molar-refractivity contribution is 7.14. The lowest BCUT2D eigenvalue weighted by molar-refractivity contribution is -0.114. The molecule has 0 fully saturated rings. The first-order valence-electron chi connectivity index (χ1n) is 9.85. The van der Waals surface area contributed by atoms with E-state index in [1.165, 1.54) is 32.7 Å². The molecule has 2 aromatic carbocycles. The second kappa shape index (κ2) is 9.61. The predicted molar refractivity (Wildman–Crippen MR) is 127 cm³/mol. The van der Waals surface area contributed by atoms with Crippen LogP contribution in [-0.2, 0) is 4.79 Å². The number of anilines is 2. The van der Waals surface area contributed by atoms with Crippen molar-refractivity contribution in [1.29, 1.82) is 0 Å². The Morgan fingerprint density at radius 3 is 2.48 bits per heavy atom. The average molecular weight is 468 g/mol. The number of methoxy groups -OCH3 is 3. The second-order valence-corrected chi connectivity index (χ2v) is 7.70. The molecule has 2 heterocycles. The van der Waals surface area contributed by atoms with E-state index in [4.69, 9.17) is 18.6 Å². The van der Waals surface area contributed by atoms with Crippen LogP contribution < -0.4 is 30.5 Å². The number of fused-ring (bicyclic) bond motifs is 1. The number of nitrogens with zero attached hydrogens (tertiary/aromatic N) is 1. The maximum Gasteiger partial charge on any atom is 0.345 e. The quantitative estimate of drug-likeness (QED) is 0.374. The summed E-state index contributed by atoms with van der Waals surface area (Å²) in [5, 5.41) is 8.60. The van der Waals surface area contributed by atoms with Crippen LogP contribution in [0, 0.1) is 0 Å². The summed E-state index contributed by atoms with van der Waals surface area (Å²) >= 11 is 1.22. The minimum Gasteiger partial charge on any atom is -0.493 e. The first-order chi connectivity index (χ1) is 16.0. The highest BCUT2D eigenvalue weighted by atomic mass is 32.1. The molecule has 0 atom stereocenters. The molecule has 0 unspecified atom stereocenters. The van der Waals surface area contributed by atoms with Gasteiger partial charge in [-0.15, -0.1) is 11.3 Å². The Morgan fingerprint density at radius 2 is 1.79 bits per heavy atom. The van der Waals surface area contributed by atoms with E-state index < -0.39 is 5.63 Å². The summed E-state index contributed by atoms with van der Waals surface area (Å²) in [4.78, 5) is 29.1. The number of aromatic nitrogens is 1. The third-order valence-corrected chi connectivity index (χ3v) is 5.54. The lowest BCUT2D eigenvalue weighted by atomic mass is 10.1. The third-order valence-electron chi connectivity index (χ3n) is 4.79. The zero-order valence-corrected chi connectivity index (χ0v) is 18.9. The molecule has 0 bridgehead atoms. The summed E-state index contributed by atoms with van der Waals surface area (Å²) < 4.78 is 21.3. The predicted octanol–water partition coefficient (Wildman–Crippen LogP) is 3.99. The SMILES string of the molecule is COc1cc(NCC(=O)Nc2nc(-c3cc4ccccc4oc3=O)cs2)cc(OC)c1OC. The van der Waals surface area contributed by atoms with Gasteiger partial charge in [-0.1, -0.05) is 18.2 Å². The summed E-state index contributed by atoms with van der Waals surface area (Å²) in [6.45, 7) is -0.0222. The molecule has 33 heavy (non-hydrogen) atoms. The van der Waals surface area contributed by atoms with Crippen LogP contribution in [0.2, 0.25) is 0 Å². The number of rotatable bonds is 8. The van der Waals surface area contributed by atoms with E-state index in [0.717, 1.165) is 5.39 Å². The molecule has 0 radical (unpaired) electrons. The summed E-state index contributed by atoms with van der Waals surface area (Å²) in [6.07, 6.45) is 0. The van der Waals surface area contributed by atoms with Gasteiger partial charge in [0.2, 0.25) is 11.7 Å². The van der Waals surface area contributed by atoms with Crippen molar-refractivity contribution in [3.8, 4) is 28.5 Å². The molecule has 0 aliphatic rings. The average Bonchev–Trinajstić information content (AvgIpc) is 3.29. The van der Waals surface area contributed by atoms with Crippen LogP contribution in [0.25, 0.3) is 22.2 Å². The van der Waals surface area contributed by atoms with Gasteiger partial charge in [0.25, 0.3) is 0 Å².